The second kappa shape index (κ2) is 7.59. The number of hydrogen-bond acceptors (Lipinski definition) is 6. The molecule has 4 rings (SSSR count). The molecule has 1 amide bonds. The van der Waals surface area contributed by atoms with Crippen LogP contribution in [-0.2, 0) is 0 Å². The second-order valence-electron chi connectivity index (χ2n) is 6.27. The van der Waals surface area contributed by atoms with Crippen LogP contribution in [-0.4, -0.2) is 32.9 Å². The molecule has 30 heavy (non-hydrogen) atoms. The highest BCUT2D eigenvalue weighted by molar-refractivity contribution is 6.05. The molecule has 1 N–H and O–H groups in total. The van der Waals surface area contributed by atoms with E-state index in [1.807, 2.05) is 0 Å². The number of nitro groups is 1. The summed E-state index contributed by atoms with van der Waals surface area (Å²) in [5.41, 5.74) is 1.93. The first-order valence-electron chi connectivity index (χ1n) is 8.71. The first kappa shape index (κ1) is 19.0. The molecule has 0 atom stereocenters. The van der Waals surface area contributed by atoms with Crippen LogP contribution in [0.25, 0.3) is 16.7 Å². The third-order valence-corrected chi connectivity index (χ3v) is 4.33. The number of nitrogens with one attached hydrogen (secondary N) is 1. The highest BCUT2D eigenvalue weighted by Gasteiger charge is 2.18. The normalized spacial score (nSPS) is 10.7. The standard InChI is InChI=1S/C20H14FN5O4/c1-30-19-9-2-12(10-18(19)26(28)29)20(27)22-14-5-8-16-17(11-14)24-25(23-16)15-6-3-13(21)4-7-15/h2-11H,1H3,(H,22,27). The quantitative estimate of drug-likeness (QED) is 0.398. The summed E-state index contributed by atoms with van der Waals surface area (Å²) in [6.45, 7) is 0. The fourth-order valence-corrected chi connectivity index (χ4v) is 2.86. The number of benzene rings is 3. The summed E-state index contributed by atoms with van der Waals surface area (Å²) in [6, 6.07) is 14.6. The van der Waals surface area contributed by atoms with E-state index in [2.05, 4.69) is 15.5 Å². The largest absolute Gasteiger partial charge is 0.490 e. The molecule has 1 aromatic heterocycles. The summed E-state index contributed by atoms with van der Waals surface area (Å²) in [4.78, 5) is 24.4. The number of amides is 1. The predicted octanol–water partition coefficient (Wildman–Crippen LogP) is 3.73. The summed E-state index contributed by atoms with van der Waals surface area (Å²) >= 11 is 0. The maximum Gasteiger partial charge on any atom is 0.311 e. The lowest BCUT2D eigenvalue weighted by Gasteiger charge is -2.06. The number of carbonyl (C=O) groups is 1. The second-order valence-corrected chi connectivity index (χ2v) is 6.27. The molecular formula is C20H14FN5O4. The van der Waals surface area contributed by atoms with Gasteiger partial charge in [-0.3, -0.25) is 14.9 Å². The molecule has 0 aliphatic rings. The van der Waals surface area contributed by atoms with Gasteiger partial charge >= 0.3 is 5.69 Å². The molecule has 0 saturated heterocycles. The number of ether oxygens (including phenoxy) is 1. The topological polar surface area (TPSA) is 112 Å². The number of nitro benzene ring substituents is 1. The van der Waals surface area contributed by atoms with Gasteiger partial charge in [-0.05, 0) is 54.6 Å². The molecule has 10 heteroatoms. The number of hydrogen-bond donors (Lipinski definition) is 1. The van der Waals surface area contributed by atoms with Gasteiger partial charge in [0.05, 0.1) is 17.7 Å². The molecule has 0 unspecified atom stereocenters. The predicted molar refractivity (Wildman–Crippen MR) is 106 cm³/mol. The van der Waals surface area contributed by atoms with Crippen molar-refractivity contribution in [1.29, 1.82) is 0 Å². The van der Waals surface area contributed by atoms with Gasteiger partial charge in [-0.15, -0.1) is 10.2 Å². The van der Waals surface area contributed by atoms with Crippen LogP contribution in [0, 0.1) is 15.9 Å². The van der Waals surface area contributed by atoms with Crippen molar-refractivity contribution in [2.75, 3.05) is 12.4 Å². The monoisotopic (exact) mass is 407 g/mol. The van der Waals surface area contributed by atoms with Crippen LogP contribution in [0.4, 0.5) is 15.8 Å². The number of halogens is 1. The fraction of sp³-hybridized carbons (Fsp3) is 0.0500. The maximum absolute atomic E-state index is 13.1. The number of anilines is 1. The molecule has 0 bridgehead atoms. The van der Waals surface area contributed by atoms with E-state index in [-0.39, 0.29) is 22.8 Å². The van der Waals surface area contributed by atoms with Crippen molar-refractivity contribution in [3.63, 3.8) is 0 Å². The number of nitrogens with zero attached hydrogens (tertiary/aromatic N) is 4. The molecular weight excluding hydrogens is 393 g/mol. The summed E-state index contributed by atoms with van der Waals surface area (Å²) in [5, 5.41) is 22.5. The molecule has 0 saturated carbocycles. The van der Waals surface area contributed by atoms with E-state index < -0.39 is 10.8 Å². The summed E-state index contributed by atoms with van der Waals surface area (Å²) in [5.74, 6) is -0.819. The Bertz CT molecular complexity index is 1270. The summed E-state index contributed by atoms with van der Waals surface area (Å²) in [7, 11) is 1.32. The Hall–Kier alpha value is -4.34. The third kappa shape index (κ3) is 3.65. The number of methoxy groups -OCH3 is 1. The zero-order valence-corrected chi connectivity index (χ0v) is 15.6. The Balaban J connectivity index is 1.59. The summed E-state index contributed by atoms with van der Waals surface area (Å²) < 4.78 is 18.0. The molecule has 9 nitrogen and oxygen atoms in total. The van der Waals surface area contributed by atoms with Gasteiger partial charge in [0.2, 0.25) is 0 Å². The molecule has 3 aromatic carbocycles. The van der Waals surface area contributed by atoms with Crippen molar-refractivity contribution in [1.82, 2.24) is 15.0 Å². The Morgan fingerprint density at radius 2 is 1.80 bits per heavy atom. The van der Waals surface area contributed by atoms with E-state index in [1.54, 1.807) is 30.3 Å². The molecule has 150 valence electrons. The number of carbonyl (C=O) groups excluding carboxylic acids is 1. The zero-order chi connectivity index (χ0) is 21.3. The lowest BCUT2D eigenvalue weighted by atomic mass is 10.1. The van der Waals surface area contributed by atoms with Gasteiger partial charge in [-0.2, -0.15) is 4.80 Å². The lowest BCUT2D eigenvalue weighted by Crippen LogP contribution is -2.12. The van der Waals surface area contributed by atoms with Gasteiger partial charge in [0.25, 0.3) is 5.91 Å². The van der Waals surface area contributed by atoms with Crippen molar-refractivity contribution >= 4 is 28.3 Å². The molecule has 4 aromatic rings. The van der Waals surface area contributed by atoms with E-state index in [0.717, 1.165) is 6.07 Å². The molecule has 0 aliphatic heterocycles. The Labute approximate surface area is 168 Å². The van der Waals surface area contributed by atoms with Crippen LogP contribution in [0.15, 0.2) is 60.7 Å². The van der Waals surface area contributed by atoms with E-state index in [1.165, 1.54) is 36.2 Å². The lowest BCUT2D eigenvalue weighted by molar-refractivity contribution is -0.385. The van der Waals surface area contributed by atoms with Gasteiger partial charge in [-0.25, -0.2) is 4.39 Å². The van der Waals surface area contributed by atoms with Gasteiger partial charge in [-0.1, -0.05) is 0 Å². The highest BCUT2D eigenvalue weighted by Crippen LogP contribution is 2.28. The Morgan fingerprint density at radius 1 is 1.07 bits per heavy atom. The van der Waals surface area contributed by atoms with E-state index in [9.17, 15) is 19.3 Å². The molecule has 0 spiro atoms. The van der Waals surface area contributed by atoms with E-state index in [4.69, 9.17) is 4.74 Å². The smallest absolute Gasteiger partial charge is 0.311 e. The van der Waals surface area contributed by atoms with Crippen LogP contribution in [0.2, 0.25) is 0 Å². The van der Waals surface area contributed by atoms with Gasteiger partial charge in [0, 0.05) is 17.3 Å². The zero-order valence-electron chi connectivity index (χ0n) is 15.6. The van der Waals surface area contributed by atoms with Crippen molar-refractivity contribution in [2.45, 2.75) is 0 Å². The number of rotatable bonds is 5. The average Bonchev–Trinajstić information content (AvgIpc) is 3.17. The van der Waals surface area contributed by atoms with Crippen LogP contribution >= 0.6 is 0 Å². The first-order chi connectivity index (χ1) is 14.4. The van der Waals surface area contributed by atoms with Crippen LogP contribution in [0.1, 0.15) is 10.4 Å². The van der Waals surface area contributed by atoms with Crippen molar-refractivity contribution in [3.05, 3.63) is 82.2 Å². The van der Waals surface area contributed by atoms with Crippen molar-refractivity contribution in [2.24, 2.45) is 0 Å². The number of aromatic nitrogens is 3. The minimum absolute atomic E-state index is 0.0652. The maximum atomic E-state index is 13.1. The van der Waals surface area contributed by atoms with Gasteiger partial charge in [0.15, 0.2) is 5.75 Å². The molecule has 0 radical (unpaired) electrons. The molecule has 0 aliphatic carbocycles. The molecule has 0 fully saturated rings. The highest BCUT2D eigenvalue weighted by atomic mass is 19.1. The first-order valence-corrected chi connectivity index (χ1v) is 8.71. The van der Waals surface area contributed by atoms with Gasteiger partial charge in [0.1, 0.15) is 16.9 Å². The van der Waals surface area contributed by atoms with E-state index >= 15 is 0 Å². The third-order valence-electron chi connectivity index (χ3n) is 4.33. The van der Waals surface area contributed by atoms with Crippen LogP contribution in [0.5, 0.6) is 5.75 Å². The molecule has 1 heterocycles. The van der Waals surface area contributed by atoms with Crippen molar-refractivity contribution < 1.29 is 18.8 Å². The summed E-state index contributed by atoms with van der Waals surface area (Å²) in [6.07, 6.45) is 0. The minimum Gasteiger partial charge on any atom is -0.490 e. The Kier molecular flexibility index (Phi) is 4.80. The van der Waals surface area contributed by atoms with Crippen LogP contribution in [0.3, 0.4) is 0 Å². The average molecular weight is 407 g/mol. The number of fused-ring (bicyclic) bond motifs is 1. The fourth-order valence-electron chi connectivity index (χ4n) is 2.86. The van der Waals surface area contributed by atoms with Crippen LogP contribution < -0.4 is 10.1 Å². The van der Waals surface area contributed by atoms with E-state index in [0.29, 0.717) is 22.4 Å². The van der Waals surface area contributed by atoms with Crippen molar-refractivity contribution in [3.8, 4) is 11.4 Å². The van der Waals surface area contributed by atoms with Gasteiger partial charge < -0.3 is 10.1 Å². The Morgan fingerprint density at radius 3 is 2.50 bits per heavy atom. The SMILES string of the molecule is COc1ccc(C(=O)Nc2ccc3nn(-c4ccc(F)cc4)nc3c2)cc1[N+](=O)[O-]. The minimum atomic E-state index is -0.616.